The number of amides is 4. The lowest BCUT2D eigenvalue weighted by molar-refractivity contribution is -0.136. The SMILES string of the molecule is COC(=O)NC(C(=O)N1CCS[C@H]1c1ncc(-c2ccc(-c3ccc4cc(-c5cnc([C@@H]6CC7(CC7)CN6C(=O)[C@@H](NC(=O)OC)C(C)C)[nH]5)ccc4c3)cc2)[nH]1)C1CCOCC1. The van der Waals surface area contributed by atoms with Crippen molar-refractivity contribution in [3.63, 3.8) is 0 Å². The van der Waals surface area contributed by atoms with Gasteiger partial charge in [-0.1, -0.05) is 62.4 Å². The van der Waals surface area contributed by atoms with Crippen molar-refractivity contribution in [2.75, 3.05) is 46.3 Å². The van der Waals surface area contributed by atoms with E-state index >= 15 is 0 Å². The van der Waals surface area contributed by atoms with Crippen LogP contribution in [0.4, 0.5) is 9.59 Å². The number of hydrogen-bond donors (Lipinski definition) is 4. The summed E-state index contributed by atoms with van der Waals surface area (Å²) < 4.78 is 15.2. The summed E-state index contributed by atoms with van der Waals surface area (Å²) >= 11 is 1.65. The van der Waals surface area contributed by atoms with E-state index in [0.717, 1.165) is 75.3 Å². The van der Waals surface area contributed by atoms with Crippen LogP contribution in [0, 0.1) is 17.3 Å². The van der Waals surface area contributed by atoms with Crippen molar-refractivity contribution in [1.82, 2.24) is 40.4 Å². The Morgan fingerprint density at radius 3 is 2.06 bits per heavy atom. The van der Waals surface area contributed by atoms with E-state index in [1.165, 1.54) is 14.2 Å². The Bertz CT molecular complexity index is 2490. The summed E-state index contributed by atoms with van der Waals surface area (Å²) in [5.41, 5.74) is 6.00. The van der Waals surface area contributed by atoms with Crippen molar-refractivity contribution < 1.29 is 33.4 Å². The third-order valence-electron chi connectivity index (χ3n) is 13.2. The van der Waals surface area contributed by atoms with E-state index in [0.29, 0.717) is 45.0 Å². The lowest BCUT2D eigenvalue weighted by atomic mass is 9.90. The van der Waals surface area contributed by atoms with Gasteiger partial charge in [0.2, 0.25) is 11.8 Å². The summed E-state index contributed by atoms with van der Waals surface area (Å²) in [6, 6.07) is 19.6. The molecule has 63 heavy (non-hydrogen) atoms. The molecule has 4 atom stereocenters. The Balaban J connectivity index is 0.875. The molecule has 4 fully saturated rings. The summed E-state index contributed by atoms with van der Waals surface area (Å²) in [4.78, 5) is 72.6. The molecule has 9 rings (SSSR count). The zero-order valence-corrected chi connectivity index (χ0v) is 36.8. The molecule has 330 valence electrons. The van der Waals surface area contributed by atoms with Crippen molar-refractivity contribution >= 4 is 46.5 Å². The highest BCUT2D eigenvalue weighted by molar-refractivity contribution is 7.99. The maximum absolute atomic E-state index is 14.0. The van der Waals surface area contributed by atoms with Gasteiger partial charge in [0, 0.05) is 37.6 Å². The van der Waals surface area contributed by atoms with Gasteiger partial charge in [-0.05, 0) is 89.0 Å². The Morgan fingerprint density at radius 1 is 0.778 bits per heavy atom. The number of aromatic nitrogens is 4. The van der Waals surface area contributed by atoms with Crippen LogP contribution in [-0.2, 0) is 23.8 Å². The normalized spacial score (nSPS) is 20.5. The zero-order chi connectivity index (χ0) is 43.8. The third-order valence-corrected chi connectivity index (χ3v) is 14.4. The number of carbonyl (C=O) groups is 4. The highest BCUT2D eigenvalue weighted by atomic mass is 32.2. The number of H-pyrrole nitrogens is 2. The first-order valence-corrected chi connectivity index (χ1v) is 22.8. The maximum atomic E-state index is 14.0. The van der Waals surface area contributed by atoms with E-state index in [2.05, 4.69) is 81.3 Å². The minimum absolute atomic E-state index is 0.0358. The fraction of sp³-hybridized carbons (Fsp3) is 0.447. The number of nitrogens with one attached hydrogen (secondary N) is 4. The molecule has 4 aliphatic rings. The predicted octanol–water partition coefficient (Wildman–Crippen LogP) is 7.45. The first kappa shape index (κ1) is 42.4. The lowest BCUT2D eigenvalue weighted by Crippen LogP contribution is -2.53. The van der Waals surface area contributed by atoms with Crippen molar-refractivity contribution in [3.05, 3.63) is 84.7 Å². The van der Waals surface area contributed by atoms with Crippen LogP contribution in [0.25, 0.3) is 44.4 Å². The molecule has 3 aromatic carbocycles. The van der Waals surface area contributed by atoms with E-state index in [1.54, 1.807) is 11.8 Å². The molecule has 3 saturated heterocycles. The van der Waals surface area contributed by atoms with Crippen LogP contribution in [0.2, 0.25) is 0 Å². The number of carbonyl (C=O) groups excluding carboxylic acids is 4. The highest BCUT2D eigenvalue weighted by Gasteiger charge is 2.55. The Morgan fingerprint density at radius 2 is 1.38 bits per heavy atom. The predicted molar refractivity (Wildman–Crippen MR) is 239 cm³/mol. The molecule has 15 nitrogen and oxygen atoms in total. The van der Waals surface area contributed by atoms with Crippen molar-refractivity contribution in [3.8, 4) is 33.6 Å². The van der Waals surface area contributed by atoms with Crippen LogP contribution in [0.5, 0.6) is 0 Å². The fourth-order valence-electron chi connectivity index (χ4n) is 9.36. The van der Waals surface area contributed by atoms with Gasteiger partial charge in [0.15, 0.2) is 0 Å². The van der Waals surface area contributed by atoms with Crippen molar-refractivity contribution in [2.24, 2.45) is 17.3 Å². The summed E-state index contributed by atoms with van der Waals surface area (Å²) in [6.07, 6.45) is 6.81. The number of methoxy groups -OCH3 is 2. The summed E-state index contributed by atoms with van der Waals surface area (Å²) in [7, 11) is 2.61. The number of ether oxygens (including phenoxy) is 3. The third kappa shape index (κ3) is 8.75. The number of fused-ring (bicyclic) bond motifs is 1. The molecule has 0 radical (unpaired) electrons. The number of aromatic amines is 2. The van der Waals surface area contributed by atoms with Crippen LogP contribution in [0.3, 0.4) is 0 Å². The van der Waals surface area contributed by atoms with Gasteiger partial charge in [-0.3, -0.25) is 9.59 Å². The molecule has 4 amide bonds. The molecule has 16 heteroatoms. The zero-order valence-electron chi connectivity index (χ0n) is 36.0. The average molecular weight is 875 g/mol. The van der Waals surface area contributed by atoms with Crippen LogP contribution >= 0.6 is 11.8 Å². The number of alkyl carbamates (subject to hydrolysis) is 2. The van der Waals surface area contributed by atoms with Gasteiger partial charge < -0.3 is 44.6 Å². The van der Waals surface area contributed by atoms with Crippen LogP contribution in [0.15, 0.2) is 73.1 Å². The van der Waals surface area contributed by atoms with Crippen LogP contribution in [0.1, 0.15) is 69.0 Å². The molecule has 1 spiro atoms. The quantitative estimate of drug-likeness (QED) is 0.104. The monoisotopic (exact) mass is 874 g/mol. The molecular formula is C47H54N8O7S. The van der Waals surface area contributed by atoms with Gasteiger partial charge in [0.05, 0.1) is 44.0 Å². The van der Waals surface area contributed by atoms with Crippen LogP contribution in [-0.4, -0.2) is 112 Å². The van der Waals surface area contributed by atoms with E-state index in [1.807, 2.05) is 36.0 Å². The summed E-state index contributed by atoms with van der Waals surface area (Å²) in [5, 5.41) is 7.46. The minimum Gasteiger partial charge on any atom is -0.453 e. The second-order valence-corrected chi connectivity index (χ2v) is 18.8. The lowest BCUT2D eigenvalue weighted by Gasteiger charge is -2.33. The number of likely N-dealkylation sites (tertiary alicyclic amines) is 1. The van der Waals surface area contributed by atoms with Gasteiger partial charge in [-0.15, -0.1) is 11.8 Å². The maximum Gasteiger partial charge on any atom is 0.407 e. The Kier molecular flexibility index (Phi) is 11.9. The van der Waals surface area contributed by atoms with Gasteiger partial charge in [0.25, 0.3) is 0 Å². The summed E-state index contributed by atoms with van der Waals surface area (Å²) in [6.45, 7) is 6.17. The number of hydrogen-bond acceptors (Lipinski definition) is 10. The van der Waals surface area contributed by atoms with E-state index in [4.69, 9.17) is 24.2 Å². The van der Waals surface area contributed by atoms with E-state index in [-0.39, 0.29) is 40.5 Å². The minimum atomic E-state index is -0.697. The molecule has 1 aliphatic carbocycles. The largest absolute Gasteiger partial charge is 0.453 e. The molecule has 5 aromatic rings. The van der Waals surface area contributed by atoms with Crippen LogP contribution < -0.4 is 10.6 Å². The first-order chi connectivity index (χ1) is 30.5. The molecular weight excluding hydrogens is 821 g/mol. The number of benzene rings is 3. The number of nitrogens with zero attached hydrogens (tertiary/aromatic N) is 4. The molecule has 3 aliphatic heterocycles. The Labute approximate surface area is 370 Å². The smallest absolute Gasteiger partial charge is 0.407 e. The molecule has 1 saturated carbocycles. The van der Waals surface area contributed by atoms with Gasteiger partial charge in [-0.25, -0.2) is 19.6 Å². The highest BCUT2D eigenvalue weighted by Crippen LogP contribution is 2.58. The molecule has 4 N–H and O–H groups in total. The first-order valence-electron chi connectivity index (χ1n) is 21.8. The van der Waals surface area contributed by atoms with Gasteiger partial charge >= 0.3 is 12.2 Å². The standard InChI is InChI=1S/C47H54N8O7S/c1-27(2)38(52-45(58)60-3)42(56)55-26-47(15-16-47)23-37(55)40-48-25-36(50-40)34-12-11-32-21-31(9-10-33(32)22-34)28-5-7-29(8-6-28)35-24-49-41(51-35)44-54(17-20-63-44)43(57)39(53-46(59)61-4)30-13-18-62-19-14-30/h5-12,21-22,24-25,27,30,37-39,44H,13-20,23,26H2,1-4H3,(H,48,50)(H,49,51)(H,52,58)(H,53,59)/t37-,38-,39?,44-/m0/s1. The number of imidazole rings is 2. The second-order valence-electron chi connectivity index (χ2n) is 17.6. The van der Waals surface area contributed by atoms with Gasteiger partial charge in [-0.2, -0.15) is 0 Å². The van der Waals surface area contributed by atoms with E-state index < -0.39 is 24.3 Å². The molecule has 1 unspecified atom stereocenters. The second kappa shape index (κ2) is 17.7. The van der Waals surface area contributed by atoms with Crippen molar-refractivity contribution in [2.45, 2.75) is 69.5 Å². The molecule has 2 aromatic heterocycles. The topological polar surface area (TPSA) is 184 Å². The molecule has 5 heterocycles. The molecule has 0 bridgehead atoms. The van der Waals surface area contributed by atoms with E-state index in [9.17, 15) is 19.2 Å². The summed E-state index contributed by atoms with van der Waals surface area (Å²) in [5.74, 6) is 1.83. The van der Waals surface area contributed by atoms with Crippen molar-refractivity contribution in [1.29, 1.82) is 0 Å². The number of rotatable bonds is 11. The average Bonchev–Trinajstić information content (AvgIpc) is 3.85. The number of thioether (sulfide) groups is 1. The van der Waals surface area contributed by atoms with Gasteiger partial charge in [0.1, 0.15) is 29.1 Å². The Hall–Kier alpha value is -5.87. The fourth-order valence-corrected chi connectivity index (χ4v) is 10.6.